The van der Waals surface area contributed by atoms with E-state index in [1.165, 1.54) is 180 Å². The first kappa shape index (κ1) is 93.1. The molecular weight excluding hydrogens is 1250 g/mol. The Hall–Kier alpha value is -1.94. The quantitative estimate of drug-likeness (QED) is 0.0222. The van der Waals surface area contributed by atoms with Crippen LogP contribution in [-0.4, -0.2) is 96.7 Å². The summed E-state index contributed by atoms with van der Waals surface area (Å²) < 4.78 is 68.5. The van der Waals surface area contributed by atoms with Crippen LogP contribution in [0.25, 0.3) is 0 Å². The third-order valence-electron chi connectivity index (χ3n) is 17.9. The number of carbonyl (C=O) groups is 4. The second-order valence-corrected chi connectivity index (χ2v) is 32.0. The van der Waals surface area contributed by atoms with Crippen molar-refractivity contribution in [2.24, 2.45) is 23.7 Å². The number of ether oxygens (including phenoxy) is 4. The lowest BCUT2D eigenvalue weighted by molar-refractivity contribution is -0.161. The molecule has 0 radical (unpaired) electrons. The van der Waals surface area contributed by atoms with E-state index in [2.05, 4.69) is 55.4 Å². The van der Waals surface area contributed by atoms with Gasteiger partial charge in [0.05, 0.1) is 26.4 Å². The molecule has 564 valence electrons. The molecule has 0 saturated heterocycles. The van der Waals surface area contributed by atoms with E-state index in [-0.39, 0.29) is 25.7 Å². The van der Waals surface area contributed by atoms with Crippen LogP contribution in [0.1, 0.15) is 383 Å². The van der Waals surface area contributed by atoms with Gasteiger partial charge in [0, 0.05) is 25.7 Å². The smallest absolute Gasteiger partial charge is 0.462 e. The normalized spacial score (nSPS) is 14.4. The van der Waals surface area contributed by atoms with Gasteiger partial charge in [0.25, 0.3) is 0 Å². The summed E-state index contributed by atoms with van der Waals surface area (Å²) in [6.45, 7) is 14.2. The van der Waals surface area contributed by atoms with Crippen molar-refractivity contribution in [3.8, 4) is 0 Å². The molecule has 6 atom stereocenters. The van der Waals surface area contributed by atoms with Gasteiger partial charge in [0.15, 0.2) is 12.2 Å². The van der Waals surface area contributed by atoms with Crippen LogP contribution in [0.15, 0.2) is 0 Å². The highest BCUT2D eigenvalue weighted by atomic mass is 31.2. The Balaban J connectivity index is 5.25. The molecule has 19 heteroatoms. The fourth-order valence-electron chi connectivity index (χ4n) is 11.5. The fraction of sp³-hybridized carbons (Fsp3) is 0.947. The molecule has 3 N–H and O–H groups in total. The number of aliphatic hydroxyl groups is 1. The molecule has 17 nitrogen and oxygen atoms in total. The van der Waals surface area contributed by atoms with E-state index in [1.54, 1.807) is 0 Å². The van der Waals surface area contributed by atoms with Crippen LogP contribution in [-0.2, 0) is 65.4 Å². The Morgan fingerprint density at radius 2 is 0.505 bits per heavy atom. The van der Waals surface area contributed by atoms with Gasteiger partial charge in [-0.2, -0.15) is 0 Å². The maximum absolute atomic E-state index is 13.1. The van der Waals surface area contributed by atoms with Crippen molar-refractivity contribution in [3.05, 3.63) is 0 Å². The Morgan fingerprint density at radius 1 is 0.295 bits per heavy atom. The van der Waals surface area contributed by atoms with E-state index >= 15 is 0 Å². The Bertz CT molecular complexity index is 1870. The molecule has 95 heavy (non-hydrogen) atoms. The number of hydrogen-bond donors (Lipinski definition) is 3. The first-order chi connectivity index (χ1) is 45.6. The van der Waals surface area contributed by atoms with Crippen molar-refractivity contribution in [2.45, 2.75) is 401 Å². The van der Waals surface area contributed by atoms with Crippen molar-refractivity contribution >= 4 is 39.5 Å². The predicted molar refractivity (Wildman–Crippen MR) is 386 cm³/mol. The minimum Gasteiger partial charge on any atom is -0.462 e. The minimum atomic E-state index is -4.96. The van der Waals surface area contributed by atoms with Crippen LogP contribution in [0, 0.1) is 23.7 Å². The van der Waals surface area contributed by atoms with Gasteiger partial charge in [-0.05, 0) is 49.4 Å². The molecule has 0 aliphatic carbocycles. The lowest BCUT2D eigenvalue weighted by Gasteiger charge is -2.21. The van der Waals surface area contributed by atoms with Crippen LogP contribution in [0.5, 0.6) is 0 Å². The van der Waals surface area contributed by atoms with Crippen molar-refractivity contribution in [3.63, 3.8) is 0 Å². The van der Waals surface area contributed by atoms with E-state index in [0.717, 1.165) is 120 Å². The molecule has 0 aromatic rings. The summed E-state index contributed by atoms with van der Waals surface area (Å²) >= 11 is 0. The number of carbonyl (C=O) groups excluding carboxylic acids is 4. The summed E-state index contributed by atoms with van der Waals surface area (Å²) in [4.78, 5) is 72.8. The van der Waals surface area contributed by atoms with Crippen LogP contribution < -0.4 is 0 Å². The second-order valence-electron chi connectivity index (χ2n) is 29.1. The second kappa shape index (κ2) is 65.4. The molecule has 0 heterocycles. The third-order valence-corrected chi connectivity index (χ3v) is 19.8. The number of hydrogen-bond acceptors (Lipinski definition) is 15. The summed E-state index contributed by atoms with van der Waals surface area (Å²) in [5.41, 5.74) is 0. The van der Waals surface area contributed by atoms with Gasteiger partial charge in [-0.15, -0.1) is 0 Å². The fourth-order valence-corrected chi connectivity index (χ4v) is 13.1. The highest BCUT2D eigenvalue weighted by molar-refractivity contribution is 7.47. The van der Waals surface area contributed by atoms with E-state index in [4.69, 9.17) is 37.0 Å². The summed E-state index contributed by atoms with van der Waals surface area (Å²) in [7, 11) is -9.91. The molecule has 0 spiro atoms. The predicted octanol–water partition coefficient (Wildman–Crippen LogP) is 22.0. The molecule has 0 saturated carbocycles. The van der Waals surface area contributed by atoms with Gasteiger partial charge in [-0.1, -0.05) is 331 Å². The standard InChI is InChI=1S/C76H148O17P2/c1-9-69(8)55-47-39-34-35-41-49-57-74(79)87-63-72(93-76(81)59-51-43-33-27-21-15-18-24-30-38-46-54-68(6)7)65-91-95(84,85)89-61-70(77)60-88-94(82,83)90-64-71(92-75(80)58-50-42-32-26-20-14-17-23-29-37-45-53-67(4)5)62-86-73(78)56-48-40-31-25-19-13-11-10-12-16-22-28-36-44-52-66(2)3/h66-72,77H,9-65H2,1-8H3,(H,82,83)(H,84,85)/t69?,70-,71-,72-/m1/s1. The van der Waals surface area contributed by atoms with E-state index in [0.29, 0.717) is 25.7 Å². The Kier molecular flexibility index (Phi) is 64.0. The van der Waals surface area contributed by atoms with Crippen molar-refractivity contribution < 1.29 is 80.2 Å². The number of unbranched alkanes of at least 4 members (excludes halogenated alkanes) is 38. The van der Waals surface area contributed by atoms with E-state index in [9.17, 15) is 43.2 Å². The average Bonchev–Trinajstić information content (AvgIpc) is 1.29. The monoisotopic (exact) mass is 1400 g/mol. The highest BCUT2D eigenvalue weighted by Crippen LogP contribution is 2.45. The number of rotatable bonds is 73. The van der Waals surface area contributed by atoms with E-state index < -0.39 is 97.5 Å². The molecule has 0 fully saturated rings. The number of phosphoric ester groups is 2. The molecule has 3 unspecified atom stereocenters. The highest BCUT2D eigenvalue weighted by Gasteiger charge is 2.30. The Labute approximate surface area is 581 Å². The largest absolute Gasteiger partial charge is 0.472 e. The summed E-state index contributed by atoms with van der Waals surface area (Å²) in [5.74, 6) is 0.939. The van der Waals surface area contributed by atoms with E-state index in [1.807, 2.05) is 0 Å². The van der Waals surface area contributed by atoms with Crippen LogP contribution >= 0.6 is 15.6 Å². The zero-order chi connectivity index (χ0) is 70.3. The van der Waals surface area contributed by atoms with Crippen molar-refractivity contribution in [1.29, 1.82) is 0 Å². The maximum Gasteiger partial charge on any atom is 0.472 e. The SMILES string of the molecule is CCC(C)CCCCCCCCC(=O)OC[C@H](COP(=O)(O)OC[C@H](O)COP(=O)(O)OC[C@@H](COC(=O)CCCCCCCCCCCCCCCCC(C)C)OC(=O)CCCCCCCCCCCCCC(C)C)OC(=O)CCCCCCCCCCCCCC(C)C. The number of esters is 4. The number of aliphatic hydroxyl groups excluding tert-OH is 1. The Morgan fingerprint density at radius 3 is 0.747 bits per heavy atom. The van der Waals surface area contributed by atoms with Gasteiger partial charge in [0.2, 0.25) is 0 Å². The van der Waals surface area contributed by atoms with Crippen LogP contribution in [0.2, 0.25) is 0 Å². The lowest BCUT2D eigenvalue weighted by atomic mass is 10.00. The summed E-state index contributed by atoms with van der Waals surface area (Å²) in [6.07, 6.45) is 49.9. The third kappa shape index (κ3) is 69.0. The summed E-state index contributed by atoms with van der Waals surface area (Å²) in [5, 5.41) is 10.6. The molecule has 0 bridgehead atoms. The van der Waals surface area contributed by atoms with Gasteiger partial charge in [-0.25, -0.2) is 9.13 Å². The van der Waals surface area contributed by atoms with Crippen molar-refractivity contribution in [1.82, 2.24) is 0 Å². The minimum absolute atomic E-state index is 0.105. The van der Waals surface area contributed by atoms with Crippen molar-refractivity contribution in [2.75, 3.05) is 39.6 Å². The van der Waals surface area contributed by atoms with Gasteiger partial charge in [0.1, 0.15) is 19.3 Å². The molecule has 0 aromatic carbocycles. The number of phosphoric acid groups is 2. The first-order valence-electron chi connectivity index (χ1n) is 39.2. The van der Waals surface area contributed by atoms with Crippen LogP contribution in [0.3, 0.4) is 0 Å². The topological polar surface area (TPSA) is 237 Å². The molecule has 0 rings (SSSR count). The summed E-state index contributed by atoms with van der Waals surface area (Å²) in [6, 6.07) is 0. The molecule has 0 aliphatic rings. The van der Waals surface area contributed by atoms with Gasteiger partial charge in [-0.3, -0.25) is 37.3 Å². The molecular formula is C76H148O17P2. The molecule has 0 aromatic heterocycles. The lowest BCUT2D eigenvalue weighted by Crippen LogP contribution is -2.30. The average molecular weight is 1400 g/mol. The first-order valence-corrected chi connectivity index (χ1v) is 42.2. The maximum atomic E-state index is 13.1. The molecule has 0 amide bonds. The van der Waals surface area contributed by atoms with Gasteiger partial charge >= 0.3 is 39.5 Å². The van der Waals surface area contributed by atoms with Crippen LogP contribution in [0.4, 0.5) is 0 Å². The zero-order valence-electron chi connectivity index (χ0n) is 62.3. The zero-order valence-corrected chi connectivity index (χ0v) is 64.1. The molecule has 0 aliphatic heterocycles. The van der Waals surface area contributed by atoms with Gasteiger partial charge < -0.3 is 33.8 Å².